The summed E-state index contributed by atoms with van der Waals surface area (Å²) in [5.41, 5.74) is 1.35. The Morgan fingerprint density at radius 1 is 1.56 bits per heavy atom. The van der Waals surface area contributed by atoms with E-state index < -0.39 is 0 Å². The highest BCUT2D eigenvalue weighted by atomic mass is 16.5. The Morgan fingerprint density at radius 3 is 2.72 bits per heavy atom. The van der Waals surface area contributed by atoms with E-state index in [1.807, 2.05) is 0 Å². The fourth-order valence-corrected chi connectivity index (χ4v) is 3.07. The summed E-state index contributed by atoms with van der Waals surface area (Å²) >= 11 is 0. The summed E-state index contributed by atoms with van der Waals surface area (Å²) in [6.07, 6.45) is 4.82. The number of hydrogen-bond donors (Lipinski definition) is 1. The lowest BCUT2D eigenvalue weighted by molar-refractivity contribution is -0.148. The van der Waals surface area contributed by atoms with Crippen LogP contribution in [0.3, 0.4) is 0 Å². The van der Waals surface area contributed by atoms with Gasteiger partial charge in [-0.05, 0) is 43.9 Å². The quantitative estimate of drug-likeness (QED) is 0.606. The van der Waals surface area contributed by atoms with Crippen molar-refractivity contribution in [3.05, 3.63) is 11.6 Å². The molecule has 0 aromatic carbocycles. The van der Waals surface area contributed by atoms with Crippen molar-refractivity contribution in [2.45, 2.75) is 40.0 Å². The maximum atomic E-state index is 11.9. The fraction of sp³-hybridized carbons (Fsp3) is 0.800. The number of aliphatic hydroxyl groups excluding tert-OH is 1. The highest BCUT2D eigenvalue weighted by Crippen LogP contribution is 2.38. The summed E-state index contributed by atoms with van der Waals surface area (Å²) in [5.74, 6) is 0.856. The van der Waals surface area contributed by atoms with Gasteiger partial charge in [-0.15, -0.1) is 0 Å². The van der Waals surface area contributed by atoms with Crippen LogP contribution in [-0.4, -0.2) is 24.8 Å². The Bertz CT molecular complexity index is 307. The van der Waals surface area contributed by atoms with Gasteiger partial charge in [-0.1, -0.05) is 25.5 Å². The summed E-state index contributed by atoms with van der Waals surface area (Å²) in [4.78, 5) is 11.9. The number of ether oxygens (including phenoxy) is 1. The van der Waals surface area contributed by atoms with Crippen LogP contribution in [-0.2, 0) is 9.53 Å². The smallest absolute Gasteiger partial charge is 0.309 e. The SMILES string of the molecule is COC(=O)C1CCC(C)=CC1[C@H](CCO)C(C)C. The van der Waals surface area contributed by atoms with Crippen molar-refractivity contribution < 1.29 is 14.6 Å². The van der Waals surface area contributed by atoms with Crippen molar-refractivity contribution in [1.29, 1.82) is 0 Å². The van der Waals surface area contributed by atoms with E-state index in [1.165, 1.54) is 12.7 Å². The largest absolute Gasteiger partial charge is 0.469 e. The number of esters is 1. The second-order valence-electron chi connectivity index (χ2n) is 5.68. The Hall–Kier alpha value is -0.830. The molecular formula is C15H26O3. The number of allylic oxidation sites excluding steroid dienone is 2. The highest BCUT2D eigenvalue weighted by molar-refractivity contribution is 5.73. The summed E-state index contributed by atoms with van der Waals surface area (Å²) in [6, 6.07) is 0. The Labute approximate surface area is 110 Å². The first kappa shape index (κ1) is 15.2. The van der Waals surface area contributed by atoms with Crippen LogP contribution >= 0.6 is 0 Å². The maximum absolute atomic E-state index is 11.9. The van der Waals surface area contributed by atoms with Gasteiger partial charge in [0.2, 0.25) is 0 Å². The zero-order valence-electron chi connectivity index (χ0n) is 12.0. The van der Waals surface area contributed by atoms with Gasteiger partial charge in [-0.25, -0.2) is 0 Å². The van der Waals surface area contributed by atoms with Crippen molar-refractivity contribution in [1.82, 2.24) is 0 Å². The average Bonchev–Trinajstić information content (AvgIpc) is 2.34. The predicted molar refractivity (Wildman–Crippen MR) is 72.0 cm³/mol. The Kier molecular flexibility index (Phi) is 5.86. The van der Waals surface area contributed by atoms with Gasteiger partial charge in [0.05, 0.1) is 13.0 Å². The van der Waals surface area contributed by atoms with E-state index in [0.717, 1.165) is 19.3 Å². The topological polar surface area (TPSA) is 46.5 Å². The molecule has 0 aromatic heterocycles. The van der Waals surface area contributed by atoms with Crippen LogP contribution in [0.5, 0.6) is 0 Å². The van der Waals surface area contributed by atoms with E-state index in [1.54, 1.807) is 0 Å². The third-order valence-corrected chi connectivity index (χ3v) is 4.11. The van der Waals surface area contributed by atoms with Gasteiger partial charge in [-0.3, -0.25) is 4.79 Å². The van der Waals surface area contributed by atoms with Gasteiger partial charge in [0, 0.05) is 6.61 Å². The van der Waals surface area contributed by atoms with Gasteiger partial charge < -0.3 is 9.84 Å². The van der Waals surface area contributed by atoms with Crippen LogP contribution in [0.15, 0.2) is 11.6 Å². The minimum Gasteiger partial charge on any atom is -0.469 e. The summed E-state index contributed by atoms with van der Waals surface area (Å²) in [6.45, 7) is 6.62. The van der Waals surface area contributed by atoms with E-state index >= 15 is 0 Å². The molecule has 104 valence electrons. The molecule has 0 saturated carbocycles. The van der Waals surface area contributed by atoms with Crippen LogP contribution in [0.25, 0.3) is 0 Å². The van der Waals surface area contributed by atoms with Crippen LogP contribution in [0, 0.1) is 23.7 Å². The summed E-state index contributed by atoms with van der Waals surface area (Å²) in [5, 5.41) is 9.23. The molecule has 0 bridgehead atoms. The first-order valence-electron chi connectivity index (χ1n) is 6.87. The predicted octanol–water partition coefficient (Wildman–Crippen LogP) is 2.79. The summed E-state index contributed by atoms with van der Waals surface area (Å²) < 4.78 is 4.93. The molecule has 3 nitrogen and oxygen atoms in total. The second-order valence-corrected chi connectivity index (χ2v) is 5.68. The van der Waals surface area contributed by atoms with E-state index in [0.29, 0.717) is 11.8 Å². The molecule has 0 heterocycles. The minimum atomic E-state index is -0.104. The van der Waals surface area contributed by atoms with Crippen LogP contribution in [0.2, 0.25) is 0 Å². The normalized spacial score (nSPS) is 25.8. The molecule has 2 unspecified atom stereocenters. The van der Waals surface area contributed by atoms with E-state index in [9.17, 15) is 9.90 Å². The lowest BCUT2D eigenvalue weighted by Crippen LogP contribution is -2.34. The van der Waals surface area contributed by atoms with Crippen LogP contribution in [0.4, 0.5) is 0 Å². The van der Waals surface area contributed by atoms with Gasteiger partial charge in [-0.2, -0.15) is 0 Å². The number of carbonyl (C=O) groups is 1. The number of methoxy groups -OCH3 is 1. The van der Waals surface area contributed by atoms with E-state index in [4.69, 9.17) is 4.74 Å². The van der Waals surface area contributed by atoms with E-state index in [2.05, 4.69) is 26.8 Å². The first-order chi connectivity index (χ1) is 8.51. The lowest BCUT2D eigenvalue weighted by atomic mass is 9.69. The van der Waals surface area contributed by atoms with Crippen molar-refractivity contribution >= 4 is 5.97 Å². The highest BCUT2D eigenvalue weighted by Gasteiger charge is 2.36. The zero-order chi connectivity index (χ0) is 13.7. The third-order valence-electron chi connectivity index (χ3n) is 4.11. The van der Waals surface area contributed by atoms with Crippen molar-refractivity contribution in [3.63, 3.8) is 0 Å². The van der Waals surface area contributed by atoms with Crippen LogP contribution < -0.4 is 0 Å². The Balaban J connectivity index is 2.95. The minimum absolute atomic E-state index is 0.0438. The Morgan fingerprint density at radius 2 is 2.22 bits per heavy atom. The standard InChI is InChI=1S/C15H26O3/c1-10(2)12(7-8-16)14-9-11(3)5-6-13(14)15(17)18-4/h9-10,12-14,16H,5-8H2,1-4H3/t12-,13?,14?/m1/s1. The molecule has 1 N–H and O–H groups in total. The molecule has 0 fully saturated rings. The molecule has 1 aliphatic rings. The molecule has 1 rings (SSSR count). The van der Waals surface area contributed by atoms with Crippen molar-refractivity contribution in [3.8, 4) is 0 Å². The van der Waals surface area contributed by atoms with Gasteiger partial charge in [0.15, 0.2) is 0 Å². The molecule has 1 aliphatic carbocycles. The average molecular weight is 254 g/mol. The summed E-state index contributed by atoms with van der Waals surface area (Å²) in [7, 11) is 1.46. The molecular weight excluding hydrogens is 228 g/mol. The third kappa shape index (κ3) is 3.58. The van der Waals surface area contributed by atoms with Gasteiger partial charge in [0.25, 0.3) is 0 Å². The fourth-order valence-electron chi connectivity index (χ4n) is 3.07. The zero-order valence-corrected chi connectivity index (χ0v) is 12.0. The molecule has 3 atom stereocenters. The molecule has 0 saturated heterocycles. The molecule has 0 aliphatic heterocycles. The van der Waals surface area contributed by atoms with Crippen molar-refractivity contribution in [2.75, 3.05) is 13.7 Å². The molecule has 0 radical (unpaired) electrons. The second kappa shape index (κ2) is 6.93. The molecule has 3 heteroatoms. The van der Waals surface area contributed by atoms with Crippen molar-refractivity contribution in [2.24, 2.45) is 23.7 Å². The molecule has 0 amide bonds. The maximum Gasteiger partial charge on any atom is 0.309 e. The van der Waals surface area contributed by atoms with Gasteiger partial charge in [0.1, 0.15) is 0 Å². The first-order valence-corrected chi connectivity index (χ1v) is 6.87. The molecule has 0 aromatic rings. The lowest BCUT2D eigenvalue weighted by Gasteiger charge is -2.35. The number of aliphatic hydroxyl groups is 1. The molecule has 18 heavy (non-hydrogen) atoms. The number of rotatable bonds is 5. The number of hydrogen-bond acceptors (Lipinski definition) is 3. The van der Waals surface area contributed by atoms with Gasteiger partial charge >= 0.3 is 5.97 Å². The molecule has 0 spiro atoms. The van der Waals surface area contributed by atoms with Crippen LogP contribution in [0.1, 0.15) is 40.0 Å². The monoisotopic (exact) mass is 254 g/mol. The van der Waals surface area contributed by atoms with E-state index in [-0.39, 0.29) is 24.4 Å². The number of carbonyl (C=O) groups excluding carboxylic acids is 1.